The topological polar surface area (TPSA) is 12.0 Å². The standard InChI is InChI=1S/C14H29N/c1-13(2)11-9-7-5-6-8-10-12-15-14(3)4/h8,10,13-15H,5-7,9,11-12H2,1-4H3/b10-8+. The molecule has 0 aliphatic carbocycles. The van der Waals surface area contributed by atoms with Gasteiger partial charge >= 0.3 is 0 Å². The van der Waals surface area contributed by atoms with Crippen LogP contribution in [0.25, 0.3) is 0 Å². The third-order valence-corrected chi connectivity index (χ3v) is 2.46. The molecule has 0 saturated heterocycles. The SMILES string of the molecule is CC(C)CCCCC/C=C/CNC(C)C. The van der Waals surface area contributed by atoms with Gasteiger partial charge in [0.25, 0.3) is 0 Å². The van der Waals surface area contributed by atoms with E-state index in [9.17, 15) is 0 Å². The van der Waals surface area contributed by atoms with Crippen LogP contribution in [-0.2, 0) is 0 Å². The lowest BCUT2D eigenvalue weighted by Crippen LogP contribution is -2.22. The third-order valence-electron chi connectivity index (χ3n) is 2.46. The smallest absolute Gasteiger partial charge is 0.0137 e. The van der Waals surface area contributed by atoms with Crippen molar-refractivity contribution in [1.29, 1.82) is 0 Å². The summed E-state index contributed by atoms with van der Waals surface area (Å²) in [4.78, 5) is 0. The van der Waals surface area contributed by atoms with Crippen LogP contribution < -0.4 is 5.32 Å². The van der Waals surface area contributed by atoms with E-state index in [4.69, 9.17) is 0 Å². The van der Waals surface area contributed by atoms with Gasteiger partial charge in [-0.2, -0.15) is 0 Å². The summed E-state index contributed by atoms with van der Waals surface area (Å²) in [5.74, 6) is 0.871. The van der Waals surface area contributed by atoms with E-state index in [0.29, 0.717) is 6.04 Å². The van der Waals surface area contributed by atoms with E-state index >= 15 is 0 Å². The van der Waals surface area contributed by atoms with Crippen molar-refractivity contribution in [2.75, 3.05) is 6.54 Å². The molecule has 0 radical (unpaired) electrons. The molecule has 0 saturated carbocycles. The lowest BCUT2D eigenvalue weighted by molar-refractivity contribution is 0.528. The number of hydrogen-bond donors (Lipinski definition) is 1. The third kappa shape index (κ3) is 13.7. The van der Waals surface area contributed by atoms with Gasteiger partial charge in [-0.15, -0.1) is 0 Å². The van der Waals surface area contributed by atoms with Crippen LogP contribution in [0.3, 0.4) is 0 Å². The molecule has 0 rings (SSSR count). The minimum Gasteiger partial charge on any atom is -0.311 e. The van der Waals surface area contributed by atoms with Crippen LogP contribution in [-0.4, -0.2) is 12.6 Å². The summed E-state index contributed by atoms with van der Waals surface area (Å²) in [6, 6.07) is 0.598. The summed E-state index contributed by atoms with van der Waals surface area (Å²) >= 11 is 0. The maximum atomic E-state index is 3.38. The molecule has 0 aromatic carbocycles. The highest BCUT2D eigenvalue weighted by molar-refractivity contribution is 4.84. The Balaban J connectivity index is 3.10. The molecule has 0 atom stereocenters. The minimum absolute atomic E-state index is 0.598. The van der Waals surface area contributed by atoms with Crippen LogP contribution in [0.1, 0.15) is 59.8 Å². The Labute approximate surface area is 96.3 Å². The van der Waals surface area contributed by atoms with Gasteiger partial charge in [0.2, 0.25) is 0 Å². The monoisotopic (exact) mass is 211 g/mol. The highest BCUT2D eigenvalue weighted by atomic mass is 14.9. The molecule has 0 fully saturated rings. The van der Waals surface area contributed by atoms with Crippen LogP contribution in [0.15, 0.2) is 12.2 Å². The average Bonchev–Trinajstić information content (AvgIpc) is 2.14. The largest absolute Gasteiger partial charge is 0.311 e. The molecule has 1 heteroatoms. The quantitative estimate of drug-likeness (QED) is 0.446. The Morgan fingerprint density at radius 1 is 0.933 bits per heavy atom. The molecule has 1 nitrogen and oxygen atoms in total. The number of nitrogens with one attached hydrogen (secondary N) is 1. The molecule has 0 spiro atoms. The van der Waals surface area contributed by atoms with Gasteiger partial charge in [0, 0.05) is 12.6 Å². The van der Waals surface area contributed by atoms with Gasteiger partial charge in [-0.1, -0.05) is 59.1 Å². The lowest BCUT2D eigenvalue weighted by atomic mass is 10.0. The summed E-state index contributed by atoms with van der Waals surface area (Å²) in [5.41, 5.74) is 0. The first-order chi connectivity index (χ1) is 7.13. The number of rotatable bonds is 9. The van der Waals surface area contributed by atoms with E-state index in [-0.39, 0.29) is 0 Å². The van der Waals surface area contributed by atoms with Crippen LogP contribution in [0.5, 0.6) is 0 Å². The Morgan fingerprint density at radius 3 is 2.27 bits per heavy atom. The van der Waals surface area contributed by atoms with Gasteiger partial charge in [-0.3, -0.25) is 0 Å². The molecular formula is C14H29N. The highest BCUT2D eigenvalue weighted by Gasteiger charge is 1.93. The van der Waals surface area contributed by atoms with E-state index in [0.717, 1.165) is 12.5 Å². The number of unbranched alkanes of at least 4 members (excludes halogenated alkanes) is 3. The van der Waals surface area contributed by atoms with E-state index in [1.807, 2.05) is 0 Å². The predicted molar refractivity (Wildman–Crippen MR) is 70.2 cm³/mol. The average molecular weight is 211 g/mol. The van der Waals surface area contributed by atoms with Gasteiger partial charge in [0.15, 0.2) is 0 Å². The molecule has 90 valence electrons. The molecule has 0 bridgehead atoms. The van der Waals surface area contributed by atoms with Crippen LogP contribution in [0.4, 0.5) is 0 Å². The van der Waals surface area contributed by atoms with Gasteiger partial charge in [-0.05, 0) is 18.8 Å². The lowest BCUT2D eigenvalue weighted by Gasteiger charge is -2.04. The fourth-order valence-corrected chi connectivity index (χ4v) is 1.50. The predicted octanol–water partition coefficient (Wildman–Crippen LogP) is 4.15. The fourth-order valence-electron chi connectivity index (χ4n) is 1.50. The van der Waals surface area contributed by atoms with Gasteiger partial charge in [-0.25, -0.2) is 0 Å². The first-order valence-electron chi connectivity index (χ1n) is 6.51. The molecule has 0 aliphatic rings. The van der Waals surface area contributed by atoms with E-state index in [1.165, 1.54) is 32.1 Å². The van der Waals surface area contributed by atoms with Crippen molar-refractivity contribution in [3.05, 3.63) is 12.2 Å². The zero-order valence-corrected chi connectivity index (χ0v) is 11.1. The fraction of sp³-hybridized carbons (Fsp3) is 0.857. The molecule has 0 heterocycles. The molecule has 0 aliphatic heterocycles. The van der Waals surface area contributed by atoms with Crippen molar-refractivity contribution in [2.45, 2.75) is 65.8 Å². The van der Waals surface area contributed by atoms with Gasteiger partial charge in [0.1, 0.15) is 0 Å². The molecule has 0 amide bonds. The molecule has 15 heavy (non-hydrogen) atoms. The first kappa shape index (κ1) is 14.7. The van der Waals surface area contributed by atoms with E-state index in [1.54, 1.807) is 0 Å². The van der Waals surface area contributed by atoms with Gasteiger partial charge in [0.05, 0.1) is 0 Å². The molecule has 1 N–H and O–H groups in total. The van der Waals surface area contributed by atoms with Crippen LogP contribution in [0.2, 0.25) is 0 Å². The molecular weight excluding hydrogens is 182 g/mol. The Morgan fingerprint density at radius 2 is 1.67 bits per heavy atom. The van der Waals surface area contributed by atoms with Crippen LogP contribution in [0, 0.1) is 5.92 Å². The normalized spacial score (nSPS) is 12.1. The minimum atomic E-state index is 0.598. The van der Waals surface area contributed by atoms with Crippen molar-refractivity contribution in [1.82, 2.24) is 5.32 Å². The Bertz CT molecular complexity index is 147. The Hall–Kier alpha value is -0.300. The van der Waals surface area contributed by atoms with E-state index in [2.05, 4.69) is 45.2 Å². The summed E-state index contributed by atoms with van der Waals surface area (Å²) in [7, 11) is 0. The first-order valence-corrected chi connectivity index (χ1v) is 6.51. The van der Waals surface area contributed by atoms with Crippen molar-refractivity contribution in [3.63, 3.8) is 0 Å². The molecule has 0 aromatic heterocycles. The zero-order valence-electron chi connectivity index (χ0n) is 11.1. The zero-order chi connectivity index (χ0) is 11.5. The molecule has 0 aromatic rings. The summed E-state index contributed by atoms with van der Waals surface area (Å²) in [6.07, 6.45) is 11.3. The Kier molecular flexibility index (Phi) is 10.0. The van der Waals surface area contributed by atoms with Crippen molar-refractivity contribution in [2.24, 2.45) is 5.92 Å². The number of hydrogen-bond acceptors (Lipinski definition) is 1. The number of allylic oxidation sites excluding steroid dienone is 1. The summed E-state index contributed by atoms with van der Waals surface area (Å²) in [5, 5.41) is 3.38. The maximum absolute atomic E-state index is 3.38. The second-order valence-corrected chi connectivity index (χ2v) is 5.07. The van der Waals surface area contributed by atoms with Crippen LogP contribution >= 0.6 is 0 Å². The van der Waals surface area contributed by atoms with Gasteiger partial charge < -0.3 is 5.32 Å². The molecule has 0 unspecified atom stereocenters. The van der Waals surface area contributed by atoms with E-state index < -0.39 is 0 Å². The second kappa shape index (κ2) is 10.2. The van der Waals surface area contributed by atoms with Crippen molar-refractivity contribution < 1.29 is 0 Å². The summed E-state index contributed by atoms with van der Waals surface area (Å²) in [6.45, 7) is 9.98. The summed E-state index contributed by atoms with van der Waals surface area (Å²) < 4.78 is 0. The highest BCUT2D eigenvalue weighted by Crippen LogP contribution is 2.09. The second-order valence-electron chi connectivity index (χ2n) is 5.07. The maximum Gasteiger partial charge on any atom is 0.0137 e. The van der Waals surface area contributed by atoms with Crippen molar-refractivity contribution >= 4 is 0 Å². The van der Waals surface area contributed by atoms with Crippen molar-refractivity contribution in [3.8, 4) is 0 Å².